The molecule has 0 nitrogen and oxygen atoms in total. The van der Waals surface area contributed by atoms with Gasteiger partial charge in [-0.2, -0.15) is 0 Å². The van der Waals surface area contributed by atoms with Crippen molar-refractivity contribution in [2.24, 2.45) is 0 Å². The second-order valence-electron chi connectivity index (χ2n) is 1.76. The third-order valence-electron chi connectivity index (χ3n) is 1.01. The number of rotatable bonds is 1. The molecule has 0 radical (unpaired) electrons. The Morgan fingerprint density at radius 1 is 1.29 bits per heavy atom. The van der Waals surface area contributed by atoms with Crippen LogP contribution in [0.15, 0.2) is 9.19 Å². The van der Waals surface area contributed by atoms with Crippen LogP contribution >= 0.6 is 0 Å². The van der Waals surface area contributed by atoms with E-state index in [0.29, 0.717) is 15.5 Å². The van der Waals surface area contributed by atoms with Gasteiger partial charge in [-0.15, -0.1) is 0 Å². The average Bonchev–Trinajstić information content (AvgIpc) is 1.65. The minimum absolute atomic E-state index is 0.375. The van der Waals surface area contributed by atoms with E-state index in [0.717, 1.165) is 0 Å². The van der Waals surface area contributed by atoms with Crippen LogP contribution in [-0.4, -0.2) is 39.1 Å². The summed E-state index contributed by atoms with van der Waals surface area (Å²) < 4.78 is 1.71. The SMILES string of the molecule is CC(C)=C(C)[Te][Na]. The minimum atomic E-state index is 0.375. The fraction of sp³-hybridized carbons (Fsp3) is 0.600. The van der Waals surface area contributed by atoms with Gasteiger partial charge in [0.2, 0.25) is 0 Å². The molecule has 0 aliphatic carbocycles. The molecule has 0 atom stereocenters. The van der Waals surface area contributed by atoms with Crippen molar-refractivity contribution in [2.45, 2.75) is 20.8 Å². The van der Waals surface area contributed by atoms with E-state index in [1.165, 1.54) is 23.5 Å². The molecule has 0 aromatic rings. The van der Waals surface area contributed by atoms with Crippen LogP contribution < -0.4 is 0 Å². The molecule has 36 valence electrons. The maximum absolute atomic E-state index is 2.27. The van der Waals surface area contributed by atoms with Crippen LogP contribution in [0.5, 0.6) is 0 Å². The first kappa shape index (κ1) is 8.53. The Kier molecular flexibility index (Phi) is 5.38. The molecule has 0 aromatic heterocycles. The third-order valence-corrected chi connectivity index (χ3v) is 8.03. The fourth-order valence-corrected chi connectivity index (χ4v) is 4.11. The average molecular weight is 220 g/mol. The van der Waals surface area contributed by atoms with Gasteiger partial charge in [-0.05, 0) is 0 Å². The Hall–Kier alpha value is 1.53. The number of hydrogen-bond acceptors (Lipinski definition) is 0. The molecule has 0 amide bonds. The first-order valence-electron chi connectivity index (χ1n) is 2.36. The summed E-state index contributed by atoms with van der Waals surface area (Å²) in [6.45, 7) is 6.68. The molecule has 0 N–H and O–H groups in total. The quantitative estimate of drug-likeness (QED) is 0.580. The Bertz CT molecular complexity index is 82.1. The summed E-state index contributed by atoms with van der Waals surface area (Å²) in [5.74, 6) is 0. The van der Waals surface area contributed by atoms with Crippen molar-refractivity contribution in [1.82, 2.24) is 0 Å². The standard InChI is InChI=1S/C5H10Te.Na/c1-4(2)5(3)6;/h6H,1-3H3;/q;+1/p-1. The Labute approximate surface area is 68.2 Å². The predicted molar refractivity (Wildman–Crippen MR) is 35.6 cm³/mol. The fourth-order valence-electron chi connectivity index (χ4n) is 0.204. The van der Waals surface area contributed by atoms with E-state index < -0.39 is 0 Å². The molecule has 0 heterocycles. The first-order valence-corrected chi connectivity index (χ1v) is 11.3. The molecule has 7 heavy (non-hydrogen) atoms. The molecule has 0 unspecified atom stereocenters. The Morgan fingerprint density at radius 3 is 1.71 bits per heavy atom. The van der Waals surface area contributed by atoms with E-state index in [1.807, 2.05) is 0 Å². The molecule has 0 bridgehead atoms. The number of allylic oxidation sites excluding steroid dienone is 2. The van der Waals surface area contributed by atoms with E-state index in [9.17, 15) is 0 Å². The molecule has 0 aliphatic heterocycles. The van der Waals surface area contributed by atoms with Crippen molar-refractivity contribution in [3.63, 3.8) is 0 Å². The van der Waals surface area contributed by atoms with Gasteiger partial charge in [-0.25, -0.2) is 0 Å². The molecular formula is C5H9NaTe. The summed E-state index contributed by atoms with van der Waals surface area (Å²) in [5, 5.41) is 0. The first-order chi connectivity index (χ1) is 3.18. The maximum atomic E-state index is 2.27. The molecule has 0 fully saturated rings. The molecular weight excluding hydrogens is 211 g/mol. The van der Waals surface area contributed by atoms with Gasteiger partial charge in [0.15, 0.2) is 0 Å². The van der Waals surface area contributed by atoms with Gasteiger partial charge in [0.05, 0.1) is 0 Å². The number of hydrogen-bond donors (Lipinski definition) is 0. The zero-order chi connectivity index (χ0) is 5.86. The van der Waals surface area contributed by atoms with Crippen molar-refractivity contribution in [3.05, 3.63) is 9.19 Å². The third kappa shape index (κ3) is 4.06. The Morgan fingerprint density at radius 2 is 1.71 bits per heavy atom. The van der Waals surface area contributed by atoms with Gasteiger partial charge < -0.3 is 0 Å². The van der Waals surface area contributed by atoms with Gasteiger partial charge in [-0.1, -0.05) is 0 Å². The van der Waals surface area contributed by atoms with E-state index in [4.69, 9.17) is 0 Å². The van der Waals surface area contributed by atoms with Crippen LogP contribution in [0.25, 0.3) is 0 Å². The van der Waals surface area contributed by atoms with Gasteiger partial charge in [0.25, 0.3) is 0 Å². The summed E-state index contributed by atoms with van der Waals surface area (Å²) in [6, 6.07) is 0. The van der Waals surface area contributed by atoms with E-state index in [1.54, 1.807) is 9.19 Å². The van der Waals surface area contributed by atoms with Gasteiger partial charge in [0, 0.05) is 0 Å². The summed E-state index contributed by atoms with van der Waals surface area (Å²) in [5.41, 5.74) is 1.55. The zero-order valence-corrected chi connectivity index (χ0v) is 9.74. The molecule has 2 heteroatoms. The Balaban J connectivity index is 3.72. The monoisotopic (exact) mass is 222 g/mol. The summed E-state index contributed by atoms with van der Waals surface area (Å²) in [7, 11) is 0. The second kappa shape index (κ2) is 4.41. The van der Waals surface area contributed by atoms with Crippen LogP contribution in [0.3, 0.4) is 0 Å². The van der Waals surface area contributed by atoms with E-state index >= 15 is 0 Å². The molecule has 0 rings (SSSR count). The van der Waals surface area contributed by atoms with Gasteiger partial charge in [-0.3, -0.25) is 0 Å². The van der Waals surface area contributed by atoms with Crippen LogP contribution in [0.2, 0.25) is 0 Å². The predicted octanol–water partition coefficient (Wildman–Crippen LogP) is 1.09. The summed E-state index contributed by atoms with van der Waals surface area (Å²) >= 11 is 1.82. The van der Waals surface area contributed by atoms with Gasteiger partial charge >= 0.3 is 69.0 Å². The molecule has 0 saturated heterocycles. The van der Waals surface area contributed by atoms with E-state index in [2.05, 4.69) is 20.8 Å². The molecule has 0 spiro atoms. The normalized spacial score (nSPS) is 8.71. The van der Waals surface area contributed by atoms with E-state index in [-0.39, 0.29) is 0 Å². The van der Waals surface area contributed by atoms with Gasteiger partial charge in [0.1, 0.15) is 0 Å². The summed E-state index contributed by atoms with van der Waals surface area (Å²) in [6.07, 6.45) is 0. The summed E-state index contributed by atoms with van der Waals surface area (Å²) in [4.78, 5) is 0. The van der Waals surface area contributed by atoms with Crippen LogP contribution in [0, 0.1) is 0 Å². The van der Waals surface area contributed by atoms with Crippen molar-refractivity contribution in [2.75, 3.05) is 0 Å². The zero-order valence-electron chi connectivity index (χ0n) is 5.41. The van der Waals surface area contributed by atoms with Crippen LogP contribution in [-0.2, 0) is 0 Å². The van der Waals surface area contributed by atoms with Crippen molar-refractivity contribution in [3.8, 4) is 0 Å². The van der Waals surface area contributed by atoms with Crippen molar-refractivity contribution >= 4 is 39.1 Å². The topological polar surface area (TPSA) is 0 Å². The van der Waals surface area contributed by atoms with Crippen LogP contribution in [0.1, 0.15) is 20.8 Å². The molecule has 0 saturated carbocycles. The molecule has 0 aromatic carbocycles. The van der Waals surface area contributed by atoms with Crippen molar-refractivity contribution < 1.29 is 0 Å². The van der Waals surface area contributed by atoms with Crippen molar-refractivity contribution in [1.29, 1.82) is 0 Å². The second-order valence-corrected chi connectivity index (χ2v) is 7.41. The molecule has 0 aliphatic rings. The van der Waals surface area contributed by atoms with Crippen LogP contribution in [0.4, 0.5) is 0 Å².